The van der Waals surface area contributed by atoms with Crippen LogP contribution in [0.4, 0.5) is 13.2 Å². The van der Waals surface area contributed by atoms with Gasteiger partial charge in [0.1, 0.15) is 12.4 Å². The minimum Gasteiger partial charge on any atom is -0.489 e. The number of hydrogen-bond acceptors (Lipinski definition) is 3. The molecule has 4 aromatic rings. The summed E-state index contributed by atoms with van der Waals surface area (Å²) in [5.41, 5.74) is 8.11. The van der Waals surface area contributed by atoms with E-state index in [4.69, 9.17) is 10.5 Å². The highest BCUT2D eigenvalue weighted by molar-refractivity contribution is 5.85. The predicted octanol–water partition coefficient (Wildman–Crippen LogP) is 5.08. The van der Waals surface area contributed by atoms with Crippen molar-refractivity contribution in [3.05, 3.63) is 89.6 Å². The normalized spacial score (nSPS) is 11.7. The Labute approximate surface area is 165 Å². The van der Waals surface area contributed by atoms with Crippen LogP contribution in [0.5, 0.6) is 5.75 Å². The van der Waals surface area contributed by atoms with Crippen LogP contribution < -0.4 is 10.5 Å². The van der Waals surface area contributed by atoms with Gasteiger partial charge in [-0.25, -0.2) is 4.68 Å². The summed E-state index contributed by atoms with van der Waals surface area (Å²) in [5, 5.41) is 5.29. The number of halogens is 3. The average molecular weight is 397 g/mol. The smallest absolute Gasteiger partial charge is 0.416 e. The Kier molecular flexibility index (Phi) is 4.98. The minimum atomic E-state index is -4.38. The summed E-state index contributed by atoms with van der Waals surface area (Å²) in [5.74, 6) is 0.669. The Hall–Kier alpha value is -3.32. The first-order valence-electron chi connectivity index (χ1n) is 9.02. The molecule has 0 fully saturated rings. The molecule has 0 aliphatic rings. The average Bonchev–Trinajstić information content (AvgIpc) is 3.10. The molecule has 1 aromatic heterocycles. The second kappa shape index (κ2) is 7.60. The third-order valence-electron chi connectivity index (χ3n) is 4.61. The summed E-state index contributed by atoms with van der Waals surface area (Å²) in [6.45, 7) is 0.629. The Bertz CT molecular complexity index is 1120. The van der Waals surface area contributed by atoms with Crippen molar-refractivity contribution in [1.82, 2.24) is 9.78 Å². The molecule has 4 rings (SSSR count). The van der Waals surface area contributed by atoms with Crippen LogP contribution in [-0.4, -0.2) is 9.78 Å². The maximum atomic E-state index is 12.8. The fraction of sp³-hybridized carbons (Fsp3) is 0.136. The van der Waals surface area contributed by atoms with Gasteiger partial charge in [0, 0.05) is 11.9 Å². The zero-order valence-electron chi connectivity index (χ0n) is 15.4. The number of fused-ring (bicyclic) bond motifs is 1. The van der Waals surface area contributed by atoms with Crippen LogP contribution in [0.2, 0.25) is 0 Å². The van der Waals surface area contributed by atoms with Gasteiger partial charge in [-0.15, -0.1) is 0 Å². The van der Waals surface area contributed by atoms with E-state index in [1.807, 2.05) is 48.5 Å². The summed E-state index contributed by atoms with van der Waals surface area (Å²) in [6, 6.07) is 20.2. The molecule has 7 heteroatoms. The third-order valence-corrected chi connectivity index (χ3v) is 4.61. The Morgan fingerprint density at radius 2 is 1.66 bits per heavy atom. The summed E-state index contributed by atoms with van der Waals surface area (Å²) in [7, 11) is 0. The van der Waals surface area contributed by atoms with E-state index in [1.54, 1.807) is 4.68 Å². The molecule has 0 atom stereocenters. The predicted molar refractivity (Wildman–Crippen MR) is 105 cm³/mol. The van der Waals surface area contributed by atoms with E-state index < -0.39 is 11.7 Å². The van der Waals surface area contributed by atoms with Crippen molar-refractivity contribution in [3.8, 4) is 11.4 Å². The highest BCUT2D eigenvalue weighted by Gasteiger charge is 2.30. The molecule has 0 saturated carbocycles. The van der Waals surface area contributed by atoms with Gasteiger partial charge in [-0.1, -0.05) is 30.3 Å². The topological polar surface area (TPSA) is 53.1 Å². The van der Waals surface area contributed by atoms with Crippen LogP contribution in [0, 0.1) is 0 Å². The van der Waals surface area contributed by atoms with Gasteiger partial charge in [0.05, 0.1) is 22.5 Å². The molecule has 2 N–H and O–H groups in total. The molecular weight excluding hydrogens is 379 g/mol. The van der Waals surface area contributed by atoms with E-state index in [-0.39, 0.29) is 6.54 Å². The summed E-state index contributed by atoms with van der Waals surface area (Å²) >= 11 is 0. The highest BCUT2D eigenvalue weighted by Crippen LogP contribution is 2.31. The molecule has 0 aliphatic heterocycles. The lowest BCUT2D eigenvalue weighted by atomic mass is 10.1. The van der Waals surface area contributed by atoms with Gasteiger partial charge in [0.25, 0.3) is 0 Å². The fourth-order valence-corrected chi connectivity index (χ4v) is 3.13. The van der Waals surface area contributed by atoms with Gasteiger partial charge in [-0.05, 0) is 48.0 Å². The van der Waals surface area contributed by atoms with E-state index in [2.05, 4.69) is 5.10 Å². The van der Waals surface area contributed by atoms with Crippen molar-refractivity contribution in [3.63, 3.8) is 0 Å². The molecule has 3 aromatic carbocycles. The van der Waals surface area contributed by atoms with Crippen molar-refractivity contribution in [2.45, 2.75) is 19.3 Å². The second-order valence-electron chi connectivity index (χ2n) is 6.56. The fourth-order valence-electron chi connectivity index (χ4n) is 3.13. The Morgan fingerprint density at radius 1 is 0.931 bits per heavy atom. The number of nitrogens with zero attached hydrogens (tertiary/aromatic N) is 2. The van der Waals surface area contributed by atoms with Gasteiger partial charge in [-0.3, -0.25) is 0 Å². The Balaban J connectivity index is 1.66. The lowest BCUT2D eigenvalue weighted by Gasteiger charge is -2.09. The molecule has 0 aliphatic carbocycles. The lowest BCUT2D eigenvalue weighted by Crippen LogP contribution is -2.05. The van der Waals surface area contributed by atoms with E-state index in [1.165, 1.54) is 12.1 Å². The van der Waals surface area contributed by atoms with Crippen LogP contribution in [-0.2, 0) is 19.3 Å². The molecule has 0 radical (unpaired) electrons. The largest absolute Gasteiger partial charge is 0.489 e. The molecular formula is C22H18F3N3O. The monoisotopic (exact) mass is 397 g/mol. The summed E-state index contributed by atoms with van der Waals surface area (Å²) in [4.78, 5) is 0. The van der Waals surface area contributed by atoms with Gasteiger partial charge >= 0.3 is 6.18 Å². The number of aromatic nitrogens is 2. The molecule has 148 valence electrons. The summed E-state index contributed by atoms with van der Waals surface area (Å²) < 4.78 is 45.9. The Morgan fingerprint density at radius 3 is 2.31 bits per heavy atom. The van der Waals surface area contributed by atoms with Crippen molar-refractivity contribution >= 4 is 10.9 Å². The second-order valence-corrected chi connectivity index (χ2v) is 6.56. The van der Waals surface area contributed by atoms with Crippen LogP contribution >= 0.6 is 0 Å². The summed E-state index contributed by atoms with van der Waals surface area (Å²) in [6.07, 6.45) is -4.38. The first-order valence-corrected chi connectivity index (χ1v) is 9.02. The molecule has 0 bridgehead atoms. The zero-order valence-corrected chi connectivity index (χ0v) is 15.4. The first-order chi connectivity index (χ1) is 14.0. The number of ether oxygens (including phenoxy) is 1. The minimum absolute atomic E-state index is 0.201. The molecule has 1 heterocycles. The maximum Gasteiger partial charge on any atom is 0.416 e. The van der Waals surface area contributed by atoms with E-state index in [0.717, 1.165) is 28.6 Å². The standard InChI is InChI=1S/C22H18F3N3O/c23-22(24,25)16-6-8-17(9-7-16)28-21-11-10-18(12-19(21)20(13-26)27-28)29-14-15-4-2-1-3-5-15/h1-12H,13-14,26H2. The van der Waals surface area contributed by atoms with Crippen LogP contribution in [0.3, 0.4) is 0 Å². The van der Waals surface area contributed by atoms with Gasteiger partial charge in [-0.2, -0.15) is 18.3 Å². The quantitative estimate of drug-likeness (QED) is 0.511. The first kappa shape index (κ1) is 19.0. The number of nitrogens with two attached hydrogens (primary N) is 1. The maximum absolute atomic E-state index is 12.8. The van der Waals surface area contributed by atoms with E-state index in [9.17, 15) is 13.2 Å². The number of rotatable bonds is 5. The molecule has 0 spiro atoms. The molecule has 29 heavy (non-hydrogen) atoms. The van der Waals surface area contributed by atoms with E-state index in [0.29, 0.717) is 23.7 Å². The zero-order chi connectivity index (χ0) is 20.4. The molecule has 0 amide bonds. The number of hydrogen-bond donors (Lipinski definition) is 1. The van der Waals surface area contributed by atoms with Crippen molar-refractivity contribution in [2.24, 2.45) is 5.73 Å². The van der Waals surface area contributed by atoms with Gasteiger partial charge < -0.3 is 10.5 Å². The molecule has 0 unspecified atom stereocenters. The van der Waals surface area contributed by atoms with Gasteiger partial charge in [0.15, 0.2) is 0 Å². The molecule has 4 nitrogen and oxygen atoms in total. The number of alkyl halides is 3. The van der Waals surface area contributed by atoms with Crippen molar-refractivity contribution < 1.29 is 17.9 Å². The van der Waals surface area contributed by atoms with Crippen LogP contribution in [0.1, 0.15) is 16.8 Å². The van der Waals surface area contributed by atoms with Crippen molar-refractivity contribution in [2.75, 3.05) is 0 Å². The third kappa shape index (κ3) is 3.95. The van der Waals surface area contributed by atoms with Crippen LogP contribution in [0.15, 0.2) is 72.8 Å². The van der Waals surface area contributed by atoms with Gasteiger partial charge in [0.2, 0.25) is 0 Å². The van der Waals surface area contributed by atoms with Crippen molar-refractivity contribution in [1.29, 1.82) is 0 Å². The van der Waals surface area contributed by atoms with Crippen LogP contribution in [0.25, 0.3) is 16.6 Å². The highest BCUT2D eigenvalue weighted by atomic mass is 19.4. The number of benzene rings is 3. The van der Waals surface area contributed by atoms with E-state index >= 15 is 0 Å². The molecule has 0 saturated heterocycles. The lowest BCUT2D eigenvalue weighted by molar-refractivity contribution is -0.137. The SMILES string of the molecule is NCc1nn(-c2ccc(C(F)(F)F)cc2)c2ccc(OCc3ccccc3)cc12.